The van der Waals surface area contributed by atoms with E-state index in [2.05, 4.69) is 31.3 Å². The van der Waals surface area contributed by atoms with Gasteiger partial charge in [-0.3, -0.25) is 9.10 Å². The summed E-state index contributed by atoms with van der Waals surface area (Å²) < 4.78 is 28.2. The van der Waals surface area contributed by atoms with Crippen LogP contribution >= 0.6 is 11.6 Å². The summed E-state index contributed by atoms with van der Waals surface area (Å²) in [6.45, 7) is 11.4. The fraction of sp³-hybridized carbons (Fsp3) is 0.286. The second kappa shape index (κ2) is 10.8. The highest BCUT2D eigenvalue weighted by molar-refractivity contribution is 7.92. The molecule has 0 aliphatic rings. The van der Waals surface area contributed by atoms with Crippen molar-refractivity contribution in [2.24, 2.45) is 5.10 Å². The van der Waals surface area contributed by atoms with Crippen LogP contribution < -0.4 is 9.73 Å². The van der Waals surface area contributed by atoms with Gasteiger partial charge < -0.3 is 0 Å². The fourth-order valence-corrected chi connectivity index (χ4v) is 5.34. The van der Waals surface area contributed by atoms with E-state index < -0.39 is 22.5 Å². The molecule has 0 aromatic heterocycles. The van der Waals surface area contributed by atoms with Crippen molar-refractivity contribution in [1.82, 2.24) is 5.43 Å². The van der Waals surface area contributed by atoms with Gasteiger partial charge in [-0.15, -0.1) is 0 Å². The van der Waals surface area contributed by atoms with Crippen LogP contribution in [0.5, 0.6) is 0 Å². The zero-order valence-corrected chi connectivity index (χ0v) is 23.0. The standard InChI is InChI=1S/C28H32ClN3O3S/c1-19-7-14-25(15-8-19)36(34,35)32(26-16-13-24(29)17-20(26)2)18-27(33)31-30-21(3)22-9-11-23(12-10-22)28(4,5)6/h7-17H,18H2,1-6H3,(H,31,33)/b30-21+. The van der Waals surface area contributed by atoms with Gasteiger partial charge in [0, 0.05) is 5.02 Å². The molecule has 0 heterocycles. The first kappa shape index (κ1) is 27.4. The summed E-state index contributed by atoms with van der Waals surface area (Å²) in [4.78, 5) is 13.0. The molecule has 1 N–H and O–H groups in total. The van der Waals surface area contributed by atoms with Gasteiger partial charge in [0.15, 0.2) is 0 Å². The SMILES string of the molecule is C/C(=N\NC(=O)CN(c1ccc(Cl)cc1C)S(=O)(=O)c1ccc(C)cc1)c1ccc(C(C)(C)C)cc1. The third-order valence-electron chi connectivity index (χ3n) is 5.84. The normalized spacial score (nSPS) is 12.4. The third-order valence-corrected chi connectivity index (χ3v) is 7.85. The van der Waals surface area contributed by atoms with Crippen molar-refractivity contribution in [1.29, 1.82) is 0 Å². The maximum Gasteiger partial charge on any atom is 0.264 e. The van der Waals surface area contributed by atoms with Gasteiger partial charge >= 0.3 is 0 Å². The van der Waals surface area contributed by atoms with Crippen molar-refractivity contribution in [2.45, 2.75) is 51.9 Å². The average molecular weight is 526 g/mol. The van der Waals surface area contributed by atoms with Crippen molar-refractivity contribution < 1.29 is 13.2 Å². The van der Waals surface area contributed by atoms with E-state index in [1.54, 1.807) is 44.2 Å². The maximum absolute atomic E-state index is 13.6. The Bertz CT molecular complexity index is 1380. The zero-order chi connectivity index (χ0) is 26.7. The van der Waals surface area contributed by atoms with E-state index in [4.69, 9.17) is 11.6 Å². The maximum atomic E-state index is 13.6. The smallest absolute Gasteiger partial charge is 0.264 e. The summed E-state index contributed by atoms with van der Waals surface area (Å²) in [7, 11) is -4.03. The van der Waals surface area contributed by atoms with Crippen LogP contribution in [0.25, 0.3) is 0 Å². The number of halogens is 1. The molecule has 0 atom stereocenters. The number of carbonyl (C=O) groups is 1. The highest BCUT2D eigenvalue weighted by Gasteiger charge is 2.28. The summed E-state index contributed by atoms with van der Waals surface area (Å²) in [6, 6.07) is 19.4. The van der Waals surface area contributed by atoms with E-state index in [0.29, 0.717) is 22.0 Å². The minimum atomic E-state index is -4.03. The van der Waals surface area contributed by atoms with Crippen LogP contribution in [0, 0.1) is 13.8 Å². The summed E-state index contributed by atoms with van der Waals surface area (Å²) in [5.41, 5.74) is 7.13. The molecule has 190 valence electrons. The number of anilines is 1. The van der Waals surface area contributed by atoms with Gasteiger partial charge in [0.25, 0.3) is 15.9 Å². The van der Waals surface area contributed by atoms with Gasteiger partial charge in [-0.2, -0.15) is 5.10 Å². The number of hydrogen-bond donors (Lipinski definition) is 1. The number of amides is 1. The second-order valence-electron chi connectivity index (χ2n) is 9.82. The van der Waals surface area contributed by atoms with Crippen molar-refractivity contribution in [3.63, 3.8) is 0 Å². The molecule has 0 spiro atoms. The van der Waals surface area contributed by atoms with Gasteiger partial charge in [0.1, 0.15) is 6.54 Å². The third kappa shape index (κ3) is 6.53. The van der Waals surface area contributed by atoms with E-state index in [1.807, 2.05) is 31.2 Å². The molecule has 8 heteroatoms. The molecule has 0 aliphatic heterocycles. The highest BCUT2D eigenvalue weighted by atomic mass is 35.5. The number of nitrogens with one attached hydrogen (secondary N) is 1. The van der Waals surface area contributed by atoms with Crippen LogP contribution in [-0.4, -0.2) is 26.6 Å². The van der Waals surface area contributed by atoms with E-state index in [1.165, 1.54) is 17.7 Å². The van der Waals surface area contributed by atoms with Gasteiger partial charge in [-0.1, -0.05) is 74.3 Å². The van der Waals surface area contributed by atoms with E-state index >= 15 is 0 Å². The van der Waals surface area contributed by atoms with Gasteiger partial charge in [0.2, 0.25) is 0 Å². The highest BCUT2D eigenvalue weighted by Crippen LogP contribution is 2.29. The Hall–Kier alpha value is -3.16. The van der Waals surface area contributed by atoms with Gasteiger partial charge in [-0.25, -0.2) is 13.8 Å². The van der Waals surface area contributed by atoms with Crippen LogP contribution in [-0.2, 0) is 20.2 Å². The number of benzene rings is 3. The number of hydrogen-bond acceptors (Lipinski definition) is 4. The lowest BCUT2D eigenvalue weighted by Gasteiger charge is -2.25. The Kier molecular flexibility index (Phi) is 8.26. The minimum Gasteiger partial charge on any atom is -0.271 e. The zero-order valence-electron chi connectivity index (χ0n) is 21.5. The molecule has 0 saturated heterocycles. The molecule has 3 rings (SSSR count). The average Bonchev–Trinajstić information content (AvgIpc) is 2.81. The molecule has 0 unspecified atom stereocenters. The number of nitrogens with zero attached hydrogens (tertiary/aromatic N) is 2. The van der Waals surface area contributed by atoms with Crippen LogP contribution in [0.2, 0.25) is 5.02 Å². The number of carbonyl (C=O) groups excluding carboxylic acids is 1. The molecular formula is C28H32ClN3O3S. The predicted molar refractivity (Wildman–Crippen MR) is 147 cm³/mol. The van der Waals surface area contributed by atoms with Crippen molar-refractivity contribution >= 4 is 38.9 Å². The lowest BCUT2D eigenvalue weighted by Crippen LogP contribution is -2.40. The molecule has 36 heavy (non-hydrogen) atoms. The molecular weight excluding hydrogens is 494 g/mol. The van der Waals surface area contributed by atoms with Crippen LogP contribution in [0.4, 0.5) is 5.69 Å². The first-order valence-electron chi connectivity index (χ1n) is 11.6. The van der Waals surface area contributed by atoms with Crippen molar-refractivity contribution in [3.05, 3.63) is 94.0 Å². The van der Waals surface area contributed by atoms with Crippen LogP contribution in [0.1, 0.15) is 49.9 Å². The Morgan fingerprint density at radius 2 is 1.58 bits per heavy atom. The molecule has 0 fully saturated rings. The lowest BCUT2D eigenvalue weighted by molar-refractivity contribution is -0.119. The summed E-state index contributed by atoms with van der Waals surface area (Å²) in [5.74, 6) is -0.564. The van der Waals surface area contributed by atoms with E-state index in [0.717, 1.165) is 15.4 Å². The Balaban J connectivity index is 1.87. The Labute approximate surface area is 219 Å². The topological polar surface area (TPSA) is 78.8 Å². The first-order chi connectivity index (χ1) is 16.8. The molecule has 6 nitrogen and oxygen atoms in total. The van der Waals surface area contributed by atoms with E-state index in [-0.39, 0.29) is 10.3 Å². The number of aryl methyl sites for hydroxylation is 2. The molecule has 3 aromatic rings. The molecule has 1 amide bonds. The fourth-order valence-electron chi connectivity index (χ4n) is 3.62. The largest absolute Gasteiger partial charge is 0.271 e. The summed E-state index contributed by atoms with van der Waals surface area (Å²) >= 11 is 6.09. The minimum absolute atomic E-state index is 0.0317. The monoisotopic (exact) mass is 525 g/mol. The Morgan fingerprint density at radius 1 is 0.972 bits per heavy atom. The molecule has 0 bridgehead atoms. The number of sulfonamides is 1. The first-order valence-corrected chi connectivity index (χ1v) is 13.4. The second-order valence-corrected chi connectivity index (χ2v) is 12.1. The molecule has 3 aromatic carbocycles. The number of hydrazone groups is 1. The molecule has 0 saturated carbocycles. The van der Waals surface area contributed by atoms with Crippen LogP contribution in [0.3, 0.4) is 0 Å². The molecule has 0 aliphatic carbocycles. The van der Waals surface area contributed by atoms with Gasteiger partial charge in [-0.05, 0) is 73.2 Å². The summed E-state index contributed by atoms with van der Waals surface area (Å²) in [6.07, 6.45) is 0. The quantitative estimate of drug-likeness (QED) is 0.304. The predicted octanol–water partition coefficient (Wildman–Crippen LogP) is 5.99. The van der Waals surface area contributed by atoms with Crippen molar-refractivity contribution in [2.75, 3.05) is 10.8 Å². The Morgan fingerprint density at radius 3 is 2.14 bits per heavy atom. The summed E-state index contributed by atoms with van der Waals surface area (Å²) in [5, 5.41) is 4.69. The molecule has 0 radical (unpaired) electrons. The van der Waals surface area contributed by atoms with Crippen LogP contribution in [0.15, 0.2) is 76.7 Å². The number of rotatable bonds is 7. The van der Waals surface area contributed by atoms with Gasteiger partial charge in [0.05, 0.1) is 16.3 Å². The lowest BCUT2D eigenvalue weighted by atomic mass is 9.86. The van der Waals surface area contributed by atoms with Crippen molar-refractivity contribution in [3.8, 4) is 0 Å². The van der Waals surface area contributed by atoms with E-state index in [9.17, 15) is 13.2 Å².